The van der Waals surface area contributed by atoms with Crippen LogP contribution in [-0.2, 0) is 19.1 Å². The van der Waals surface area contributed by atoms with Crippen LogP contribution in [-0.4, -0.2) is 24.6 Å². The number of esters is 2. The van der Waals surface area contributed by atoms with Gasteiger partial charge in [-0.3, -0.25) is 9.59 Å². The first kappa shape index (κ1) is 17.0. The topological polar surface area (TPSA) is 52.6 Å². The Morgan fingerprint density at radius 1 is 1.32 bits per heavy atom. The Bertz CT molecular complexity index is 491. The Labute approximate surface area is 133 Å². The van der Waals surface area contributed by atoms with Crippen LogP contribution in [0.2, 0.25) is 0 Å². The van der Waals surface area contributed by atoms with Crippen molar-refractivity contribution in [2.75, 3.05) is 7.11 Å². The molecule has 0 aromatic rings. The monoisotopic (exact) mass is 308 g/mol. The summed E-state index contributed by atoms with van der Waals surface area (Å²) in [6.45, 7) is 7.97. The van der Waals surface area contributed by atoms with Gasteiger partial charge < -0.3 is 9.47 Å². The summed E-state index contributed by atoms with van der Waals surface area (Å²) in [4.78, 5) is 23.8. The van der Waals surface area contributed by atoms with E-state index in [1.165, 1.54) is 20.5 Å². The summed E-state index contributed by atoms with van der Waals surface area (Å²) >= 11 is 0. The highest BCUT2D eigenvalue weighted by Gasteiger charge is 2.55. The van der Waals surface area contributed by atoms with Crippen molar-refractivity contribution < 1.29 is 19.1 Å². The minimum Gasteiger partial charge on any atom is -0.469 e. The molecule has 0 unspecified atom stereocenters. The molecule has 0 amide bonds. The lowest BCUT2D eigenvalue weighted by Gasteiger charge is -2.54. The van der Waals surface area contributed by atoms with Crippen molar-refractivity contribution >= 4 is 11.9 Å². The molecule has 0 aromatic carbocycles. The van der Waals surface area contributed by atoms with Crippen LogP contribution in [0, 0.1) is 17.3 Å². The first-order valence-corrected chi connectivity index (χ1v) is 8.16. The second-order valence-corrected chi connectivity index (χ2v) is 7.45. The fourth-order valence-electron chi connectivity index (χ4n) is 4.53. The van der Waals surface area contributed by atoms with Crippen LogP contribution in [0.1, 0.15) is 59.8 Å². The predicted octanol–water partition coefficient (Wildman–Crippen LogP) is 3.64. The molecular formula is C18H28O4. The van der Waals surface area contributed by atoms with Gasteiger partial charge in [-0.15, -0.1) is 0 Å². The Hall–Kier alpha value is -1.32. The summed E-state index contributed by atoms with van der Waals surface area (Å²) in [5, 5.41) is 0. The van der Waals surface area contributed by atoms with Gasteiger partial charge in [0.15, 0.2) is 0 Å². The normalized spacial score (nSPS) is 33.4. The maximum absolute atomic E-state index is 12.0. The minimum atomic E-state index is -0.834. The van der Waals surface area contributed by atoms with Gasteiger partial charge in [-0.25, -0.2) is 0 Å². The van der Waals surface area contributed by atoms with Gasteiger partial charge in [-0.1, -0.05) is 26.3 Å². The lowest BCUT2D eigenvalue weighted by Crippen LogP contribution is -2.54. The van der Waals surface area contributed by atoms with Gasteiger partial charge in [0.25, 0.3) is 0 Å². The molecule has 0 saturated heterocycles. The number of carbonyl (C=O) groups is 2. The number of hydrogen-bond acceptors (Lipinski definition) is 4. The number of allylic oxidation sites excluding steroid dienone is 1. The van der Waals surface area contributed by atoms with Gasteiger partial charge in [-0.2, -0.15) is 0 Å². The number of rotatable bonds is 3. The fraction of sp³-hybridized carbons (Fsp3) is 0.778. The largest absolute Gasteiger partial charge is 0.469 e. The Morgan fingerprint density at radius 3 is 2.59 bits per heavy atom. The van der Waals surface area contributed by atoms with Gasteiger partial charge in [0.05, 0.1) is 13.5 Å². The molecule has 0 spiro atoms. The number of hydrogen-bond donors (Lipinski definition) is 0. The number of fused-ring (bicyclic) bond motifs is 1. The smallest absolute Gasteiger partial charge is 0.309 e. The van der Waals surface area contributed by atoms with Crippen molar-refractivity contribution in [2.45, 2.75) is 65.4 Å². The van der Waals surface area contributed by atoms with Crippen molar-refractivity contribution in [1.29, 1.82) is 0 Å². The molecule has 2 rings (SSSR count). The molecule has 22 heavy (non-hydrogen) atoms. The third kappa shape index (κ3) is 2.92. The highest BCUT2D eigenvalue weighted by Crippen LogP contribution is 2.55. The number of ether oxygens (including phenoxy) is 2. The Kier molecular flexibility index (Phi) is 4.69. The SMILES string of the molecule is COC(=O)C[C@]1(OC(C)=O)C(C)=CC[C@@H]2[C@@H]1CCCC2(C)C. The number of methoxy groups -OCH3 is 1. The lowest BCUT2D eigenvalue weighted by atomic mass is 9.54. The maximum Gasteiger partial charge on any atom is 0.309 e. The van der Waals surface area contributed by atoms with E-state index in [2.05, 4.69) is 19.9 Å². The van der Waals surface area contributed by atoms with E-state index in [0.29, 0.717) is 5.92 Å². The molecule has 4 heteroatoms. The van der Waals surface area contributed by atoms with Crippen molar-refractivity contribution in [3.63, 3.8) is 0 Å². The third-order valence-corrected chi connectivity index (χ3v) is 5.73. The van der Waals surface area contributed by atoms with Gasteiger partial charge in [-0.05, 0) is 43.1 Å². The molecule has 1 saturated carbocycles. The summed E-state index contributed by atoms with van der Waals surface area (Å²) in [5.74, 6) is -0.0445. The van der Waals surface area contributed by atoms with Gasteiger partial charge >= 0.3 is 11.9 Å². The zero-order chi connectivity index (χ0) is 16.5. The second kappa shape index (κ2) is 6.05. The third-order valence-electron chi connectivity index (χ3n) is 5.73. The van der Waals surface area contributed by atoms with E-state index in [-0.39, 0.29) is 29.7 Å². The van der Waals surface area contributed by atoms with Crippen LogP contribution in [0.15, 0.2) is 11.6 Å². The molecule has 124 valence electrons. The van der Waals surface area contributed by atoms with Crippen molar-refractivity contribution in [1.82, 2.24) is 0 Å². The summed E-state index contributed by atoms with van der Waals surface area (Å²) in [5.41, 5.74) is 0.355. The first-order valence-electron chi connectivity index (χ1n) is 8.16. The number of carbonyl (C=O) groups excluding carboxylic acids is 2. The molecule has 0 bridgehead atoms. The highest BCUT2D eigenvalue weighted by atomic mass is 16.6. The van der Waals surface area contributed by atoms with E-state index in [0.717, 1.165) is 24.8 Å². The molecule has 3 atom stereocenters. The summed E-state index contributed by atoms with van der Waals surface area (Å²) in [6.07, 6.45) is 6.53. The highest BCUT2D eigenvalue weighted by molar-refractivity contribution is 5.74. The zero-order valence-electron chi connectivity index (χ0n) is 14.4. The predicted molar refractivity (Wildman–Crippen MR) is 84.1 cm³/mol. The maximum atomic E-state index is 12.0. The van der Waals surface area contributed by atoms with E-state index in [1.54, 1.807) is 0 Å². The molecule has 2 aliphatic rings. The molecule has 0 aliphatic heterocycles. The van der Waals surface area contributed by atoms with E-state index >= 15 is 0 Å². The van der Waals surface area contributed by atoms with Crippen molar-refractivity contribution in [3.05, 3.63) is 11.6 Å². The van der Waals surface area contributed by atoms with E-state index < -0.39 is 5.60 Å². The molecule has 0 N–H and O–H groups in total. The van der Waals surface area contributed by atoms with Crippen molar-refractivity contribution in [2.24, 2.45) is 17.3 Å². The van der Waals surface area contributed by atoms with Crippen LogP contribution < -0.4 is 0 Å². The van der Waals surface area contributed by atoms with E-state index in [4.69, 9.17) is 9.47 Å². The van der Waals surface area contributed by atoms with E-state index in [9.17, 15) is 9.59 Å². The van der Waals surface area contributed by atoms with Crippen LogP contribution in [0.5, 0.6) is 0 Å². The molecular weight excluding hydrogens is 280 g/mol. The summed E-state index contributed by atoms with van der Waals surface area (Å²) in [6, 6.07) is 0. The first-order chi connectivity index (χ1) is 10.2. The van der Waals surface area contributed by atoms with Crippen LogP contribution in [0.25, 0.3) is 0 Å². The molecule has 4 nitrogen and oxygen atoms in total. The average Bonchev–Trinajstić information content (AvgIpc) is 2.42. The standard InChI is InChI=1S/C18H28O4/c1-12-8-9-14-15(7-6-10-17(14,3)4)18(12,22-13(2)19)11-16(20)21-5/h8,14-15H,6-7,9-11H2,1-5H3/t14-,15+,18+/m1/s1. The molecule has 0 radical (unpaired) electrons. The van der Waals surface area contributed by atoms with Crippen LogP contribution in [0.4, 0.5) is 0 Å². The molecule has 2 aliphatic carbocycles. The lowest BCUT2D eigenvalue weighted by molar-refractivity contribution is -0.174. The van der Waals surface area contributed by atoms with Crippen LogP contribution >= 0.6 is 0 Å². The molecule has 1 fully saturated rings. The Morgan fingerprint density at radius 2 is 2.00 bits per heavy atom. The van der Waals surface area contributed by atoms with Crippen LogP contribution in [0.3, 0.4) is 0 Å². The van der Waals surface area contributed by atoms with Gasteiger partial charge in [0.1, 0.15) is 5.60 Å². The van der Waals surface area contributed by atoms with E-state index in [1.807, 2.05) is 6.92 Å². The zero-order valence-corrected chi connectivity index (χ0v) is 14.4. The Balaban J connectivity index is 2.47. The molecule has 0 heterocycles. The summed E-state index contributed by atoms with van der Waals surface area (Å²) in [7, 11) is 1.38. The quantitative estimate of drug-likeness (QED) is 0.590. The van der Waals surface area contributed by atoms with Crippen molar-refractivity contribution in [3.8, 4) is 0 Å². The minimum absolute atomic E-state index is 0.114. The fourth-order valence-corrected chi connectivity index (χ4v) is 4.53. The van der Waals surface area contributed by atoms with Gasteiger partial charge in [0.2, 0.25) is 0 Å². The van der Waals surface area contributed by atoms with Gasteiger partial charge in [0, 0.05) is 12.8 Å². The average molecular weight is 308 g/mol. The summed E-state index contributed by atoms with van der Waals surface area (Å²) < 4.78 is 10.7. The second-order valence-electron chi connectivity index (χ2n) is 7.45. The molecule has 0 aromatic heterocycles.